The number of fused-ring (bicyclic) bond motifs is 1. The molecule has 0 fully saturated rings. The predicted molar refractivity (Wildman–Crippen MR) is 102 cm³/mol. The lowest BCUT2D eigenvalue weighted by Gasteiger charge is -2.26. The lowest BCUT2D eigenvalue weighted by Crippen LogP contribution is -2.38. The van der Waals surface area contributed by atoms with Crippen LogP contribution in [0.25, 0.3) is 0 Å². The monoisotopic (exact) mass is 355 g/mol. The minimum Gasteiger partial charge on any atom is -0.443 e. The first-order valence-corrected chi connectivity index (χ1v) is 8.93. The number of ether oxygens (including phenoxy) is 1. The summed E-state index contributed by atoms with van der Waals surface area (Å²) in [5.74, 6) is -0.236. The quantitative estimate of drug-likeness (QED) is 0.717. The first kappa shape index (κ1) is 18.4. The molecule has 1 aliphatic heterocycles. The molecule has 3 nitrogen and oxygen atoms in total. The van der Waals surface area contributed by atoms with Crippen LogP contribution in [0.2, 0.25) is 0 Å². The molecule has 0 N–H and O–H groups in total. The molecule has 3 rings (SSSR count). The van der Waals surface area contributed by atoms with Gasteiger partial charge in [0.25, 0.3) is 0 Å². The second-order valence-corrected chi connectivity index (χ2v) is 8.61. The van der Waals surface area contributed by atoms with Crippen molar-refractivity contribution in [2.45, 2.75) is 52.1 Å². The highest BCUT2D eigenvalue weighted by molar-refractivity contribution is 5.91. The topological polar surface area (TPSA) is 29.5 Å². The molecule has 1 aliphatic rings. The number of halogens is 1. The minimum atomic E-state index is -0.532. The van der Waals surface area contributed by atoms with Gasteiger partial charge in [0.1, 0.15) is 11.4 Å². The number of nitrogens with zero attached hydrogens (tertiary/aromatic N) is 1. The molecular formula is C22H26FNO2. The maximum Gasteiger partial charge on any atom is 0.414 e. The van der Waals surface area contributed by atoms with Gasteiger partial charge in [-0.05, 0) is 62.1 Å². The molecule has 0 aliphatic carbocycles. The van der Waals surface area contributed by atoms with Crippen LogP contribution in [0.4, 0.5) is 14.9 Å². The lowest BCUT2D eigenvalue weighted by molar-refractivity contribution is 0.0579. The fraction of sp³-hybridized carbons (Fsp3) is 0.409. The molecule has 2 aromatic rings. The van der Waals surface area contributed by atoms with Crippen LogP contribution >= 0.6 is 0 Å². The van der Waals surface area contributed by atoms with Crippen molar-refractivity contribution in [3.8, 4) is 0 Å². The number of carbonyl (C=O) groups is 1. The Morgan fingerprint density at radius 1 is 1.12 bits per heavy atom. The molecule has 0 bridgehead atoms. The SMILES string of the molecule is CC(C)(C)OC(=O)N1CC(C)(C)c2ccc(Cc3ccc(F)cc3)cc21. The van der Waals surface area contributed by atoms with Crippen LogP contribution in [-0.2, 0) is 16.6 Å². The standard InChI is InChI=1S/C22H26FNO2/c1-21(2,3)26-20(25)24-14-22(4,5)18-11-8-16(13-19(18)24)12-15-6-9-17(23)10-7-15/h6-11,13H,12,14H2,1-5H3. The lowest BCUT2D eigenvalue weighted by atomic mass is 9.86. The molecule has 26 heavy (non-hydrogen) atoms. The first-order chi connectivity index (χ1) is 12.0. The number of hydrogen-bond acceptors (Lipinski definition) is 2. The van der Waals surface area contributed by atoms with Gasteiger partial charge in [-0.15, -0.1) is 0 Å². The molecule has 2 aromatic carbocycles. The Hall–Kier alpha value is -2.36. The van der Waals surface area contributed by atoms with Crippen LogP contribution in [-0.4, -0.2) is 18.2 Å². The molecule has 0 radical (unpaired) electrons. The maximum atomic E-state index is 13.1. The van der Waals surface area contributed by atoms with Gasteiger partial charge in [0.2, 0.25) is 0 Å². The fourth-order valence-corrected chi connectivity index (χ4v) is 3.37. The van der Waals surface area contributed by atoms with E-state index in [2.05, 4.69) is 32.0 Å². The van der Waals surface area contributed by atoms with Gasteiger partial charge in [-0.3, -0.25) is 4.90 Å². The van der Waals surface area contributed by atoms with Gasteiger partial charge < -0.3 is 4.74 Å². The molecule has 0 spiro atoms. The average Bonchev–Trinajstić information content (AvgIpc) is 2.79. The summed E-state index contributed by atoms with van der Waals surface area (Å²) in [6.45, 7) is 10.5. The molecule has 0 saturated carbocycles. The summed E-state index contributed by atoms with van der Waals surface area (Å²) in [5.41, 5.74) is 3.51. The Morgan fingerprint density at radius 2 is 1.73 bits per heavy atom. The Labute approximate surface area is 154 Å². The van der Waals surface area contributed by atoms with Crippen LogP contribution in [0.3, 0.4) is 0 Å². The molecule has 1 heterocycles. The highest BCUT2D eigenvalue weighted by Gasteiger charge is 2.39. The van der Waals surface area contributed by atoms with Gasteiger partial charge in [0.15, 0.2) is 0 Å². The Bertz CT molecular complexity index is 819. The minimum absolute atomic E-state index is 0.124. The van der Waals surface area contributed by atoms with Crippen molar-refractivity contribution in [2.24, 2.45) is 0 Å². The van der Waals surface area contributed by atoms with E-state index in [0.717, 1.165) is 22.4 Å². The van der Waals surface area contributed by atoms with Crippen LogP contribution in [0.5, 0.6) is 0 Å². The molecule has 1 amide bonds. The van der Waals surface area contributed by atoms with E-state index in [9.17, 15) is 9.18 Å². The summed E-state index contributed by atoms with van der Waals surface area (Å²) in [6.07, 6.45) is 0.374. The molecule has 138 valence electrons. The van der Waals surface area contributed by atoms with E-state index >= 15 is 0 Å². The van der Waals surface area contributed by atoms with E-state index in [-0.39, 0.29) is 17.3 Å². The number of rotatable bonds is 2. The van der Waals surface area contributed by atoms with Gasteiger partial charge in [0.05, 0.1) is 5.69 Å². The molecule has 0 aromatic heterocycles. The fourth-order valence-electron chi connectivity index (χ4n) is 3.37. The third-order valence-corrected chi connectivity index (χ3v) is 4.57. The van der Waals surface area contributed by atoms with Gasteiger partial charge >= 0.3 is 6.09 Å². The van der Waals surface area contributed by atoms with Gasteiger partial charge in [-0.2, -0.15) is 0 Å². The molecule has 0 unspecified atom stereocenters. The summed E-state index contributed by atoms with van der Waals surface area (Å²) in [5, 5.41) is 0. The number of carbonyl (C=O) groups excluding carboxylic acids is 1. The van der Waals surface area contributed by atoms with Crippen molar-refractivity contribution in [3.05, 3.63) is 65.0 Å². The largest absolute Gasteiger partial charge is 0.443 e. The summed E-state index contributed by atoms with van der Waals surface area (Å²) in [4.78, 5) is 14.4. The number of benzene rings is 2. The third kappa shape index (κ3) is 3.90. The molecular weight excluding hydrogens is 329 g/mol. The molecule has 4 heteroatoms. The van der Waals surface area contributed by atoms with Gasteiger partial charge in [0, 0.05) is 12.0 Å². The van der Waals surface area contributed by atoms with Crippen LogP contribution in [0, 0.1) is 5.82 Å². The molecule has 0 atom stereocenters. The Balaban J connectivity index is 1.91. The maximum absolute atomic E-state index is 13.1. The summed E-state index contributed by atoms with van der Waals surface area (Å²) < 4.78 is 18.7. The van der Waals surface area contributed by atoms with Crippen molar-refractivity contribution in [3.63, 3.8) is 0 Å². The summed E-state index contributed by atoms with van der Waals surface area (Å²) >= 11 is 0. The second kappa shape index (κ2) is 6.42. The zero-order valence-electron chi connectivity index (χ0n) is 16.1. The van der Waals surface area contributed by atoms with E-state index in [1.54, 1.807) is 17.0 Å². The number of hydrogen-bond donors (Lipinski definition) is 0. The summed E-state index contributed by atoms with van der Waals surface area (Å²) in [6, 6.07) is 12.8. The smallest absolute Gasteiger partial charge is 0.414 e. The Morgan fingerprint density at radius 3 is 2.35 bits per heavy atom. The molecule has 0 saturated heterocycles. The van der Waals surface area contributed by atoms with Crippen LogP contribution < -0.4 is 4.90 Å². The van der Waals surface area contributed by atoms with Crippen molar-refractivity contribution >= 4 is 11.8 Å². The first-order valence-electron chi connectivity index (χ1n) is 8.93. The average molecular weight is 355 g/mol. The zero-order valence-corrected chi connectivity index (χ0v) is 16.1. The second-order valence-electron chi connectivity index (χ2n) is 8.61. The van der Waals surface area contributed by atoms with Gasteiger partial charge in [-0.1, -0.05) is 38.1 Å². The summed E-state index contributed by atoms with van der Waals surface area (Å²) in [7, 11) is 0. The highest BCUT2D eigenvalue weighted by Crippen LogP contribution is 2.41. The van der Waals surface area contributed by atoms with Crippen LogP contribution in [0.1, 0.15) is 51.3 Å². The van der Waals surface area contributed by atoms with E-state index in [1.165, 1.54) is 12.1 Å². The van der Waals surface area contributed by atoms with Gasteiger partial charge in [-0.25, -0.2) is 9.18 Å². The predicted octanol–water partition coefficient (Wildman–Crippen LogP) is 5.45. The van der Waals surface area contributed by atoms with E-state index in [4.69, 9.17) is 4.74 Å². The zero-order chi connectivity index (χ0) is 19.1. The third-order valence-electron chi connectivity index (χ3n) is 4.57. The van der Waals surface area contributed by atoms with E-state index in [0.29, 0.717) is 13.0 Å². The normalized spacial score (nSPS) is 15.7. The van der Waals surface area contributed by atoms with E-state index < -0.39 is 5.60 Å². The number of amides is 1. The van der Waals surface area contributed by atoms with Crippen LogP contribution in [0.15, 0.2) is 42.5 Å². The van der Waals surface area contributed by atoms with E-state index in [1.807, 2.05) is 20.8 Å². The Kier molecular flexibility index (Phi) is 4.55. The van der Waals surface area contributed by atoms with Crippen molar-refractivity contribution in [1.29, 1.82) is 0 Å². The number of anilines is 1. The van der Waals surface area contributed by atoms with Crippen molar-refractivity contribution in [2.75, 3.05) is 11.4 Å². The van der Waals surface area contributed by atoms with Crippen molar-refractivity contribution < 1.29 is 13.9 Å². The highest BCUT2D eigenvalue weighted by atomic mass is 19.1. The van der Waals surface area contributed by atoms with Crippen molar-refractivity contribution in [1.82, 2.24) is 0 Å².